The Bertz CT molecular complexity index is 548. The van der Waals surface area contributed by atoms with Gasteiger partial charge in [0.25, 0.3) is 0 Å². The van der Waals surface area contributed by atoms with E-state index in [2.05, 4.69) is 55.6 Å². The molecule has 2 rings (SSSR count). The highest BCUT2D eigenvalue weighted by molar-refractivity contribution is 5.76. The summed E-state index contributed by atoms with van der Waals surface area (Å²) in [6, 6.07) is 16.8. The van der Waals surface area contributed by atoms with E-state index in [-0.39, 0.29) is 0 Å². The Balaban J connectivity index is 2.53. The molecule has 0 N–H and O–H groups in total. The van der Waals surface area contributed by atoms with Gasteiger partial charge in [0.05, 0.1) is 0 Å². The predicted molar refractivity (Wildman–Crippen MR) is 76.7 cm³/mol. The minimum absolute atomic E-state index is 1.07. The van der Waals surface area contributed by atoms with Gasteiger partial charge in [-0.25, -0.2) is 0 Å². The van der Waals surface area contributed by atoms with Crippen LogP contribution >= 0.6 is 0 Å². The third kappa shape index (κ3) is 2.36. The molecular formula is C17H16. The van der Waals surface area contributed by atoms with Gasteiger partial charge in [-0.2, -0.15) is 0 Å². The number of benzene rings is 2. The van der Waals surface area contributed by atoms with Crippen molar-refractivity contribution < 1.29 is 0 Å². The fourth-order valence-corrected chi connectivity index (χ4v) is 1.93. The summed E-state index contributed by atoms with van der Waals surface area (Å²) in [7, 11) is 0. The fourth-order valence-electron chi connectivity index (χ4n) is 1.93. The van der Waals surface area contributed by atoms with E-state index in [0.29, 0.717) is 0 Å². The van der Waals surface area contributed by atoms with E-state index in [4.69, 9.17) is 0 Å². The van der Waals surface area contributed by atoms with E-state index in [1.54, 1.807) is 0 Å². The zero-order valence-corrected chi connectivity index (χ0v) is 10.1. The summed E-state index contributed by atoms with van der Waals surface area (Å²) in [5.74, 6) is 0. The van der Waals surface area contributed by atoms with Gasteiger partial charge in [-0.05, 0) is 35.2 Å². The highest BCUT2D eigenvalue weighted by Gasteiger charge is 2.03. The largest absolute Gasteiger partial charge is 0.0984 e. The smallest absolute Gasteiger partial charge is 0.0160 e. The quantitative estimate of drug-likeness (QED) is 0.680. The highest BCUT2D eigenvalue weighted by Crippen LogP contribution is 2.26. The zero-order chi connectivity index (χ0) is 12.3. The van der Waals surface area contributed by atoms with Crippen molar-refractivity contribution in [3.05, 3.63) is 72.8 Å². The lowest BCUT2D eigenvalue weighted by Crippen LogP contribution is -1.86. The highest BCUT2D eigenvalue weighted by atomic mass is 14.1. The molecule has 0 spiro atoms. The summed E-state index contributed by atoms with van der Waals surface area (Å²) in [6.45, 7) is 9.87. The van der Waals surface area contributed by atoms with Crippen molar-refractivity contribution >= 4 is 11.6 Å². The van der Waals surface area contributed by atoms with Crippen LogP contribution in [0, 0.1) is 0 Å². The van der Waals surface area contributed by atoms with E-state index in [0.717, 1.165) is 11.1 Å². The molecule has 0 amide bonds. The Morgan fingerprint density at radius 1 is 1.00 bits per heavy atom. The molecule has 0 heteroatoms. The molecule has 2 aromatic rings. The van der Waals surface area contributed by atoms with Crippen molar-refractivity contribution in [3.8, 4) is 11.1 Å². The maximum Gasteiger partial charge on any atom is -0.0160 e. The molecule has 0 saturated heterocycles. The molecule has 84 valence electrons. The molecule has 0 aliphatic heterocycles. The molecule has 0 aliphatic carbocycles. The first-order valence-corrected chi connectivity index (χ1v) is 5.70. The van der Waals surface area contributed by atoms with E-state index < -0.39 is 0 Å². The third-order valence-corrected chi connectivity index (χ3v) is 2.84. The molecule has 0 unspecified atom stereocenters. The molecule has 0 atom stereocenters. The molecule has 2 aromatic carbocycles. The number of allylic oxidation sites excluding steroid dienone is 1. The van der Waals surface area contributed by atoms with Crippen LogP contribution in [0.1, 0.15) is 18.1 Å². The Labute approximate surface area is 103 Å². The lowest BCUT2D eigenvalue weighted by Gasteiger charge is -2.09. The zero-order valence-electron chi connectivity index (χ0n) is 10.1. The van der Waals surface area contributed by atoms with E-state index in [1.807, 2.05) is 19.1 Å². The fraction of sp³-hybridized carbons (Fsp3) is 0.0588. The predicted octanol–water partition coefficient (Wildman–Crippen LogP) is 5.03. The Morgan fingerprint density at radius 3 is 2.29 bits per heavy atom. The molecule has 0 saturated carbocycles. The summed E-state index contributed by atoms with van der Waals surface area (Å²) in [5.41, 5.74) is 5.81. The number of hydrogen-bond donors (Lipinski definition) is 0. The second-order valence-corrected chi connectivity index (χ2v) is 4.15. The first-order chi connectivity index (χ1) is 8.22. The van der Waals surface area contributed by atoms with Crippen molar-refractivity contribution in [1.29, 1.82) is 0 Å². The van der Waals surface area contributed by atoms with E-state index in [1.165, 1.54) is 16.7 Å². The molecule has 0 aliphatic rings. The SMILES string of the molecule is C=Cc1cc(-c2ccccc2)ccc1C(=C)C. The van der Waals surface area contributed by atoms with Crippen LogP contribution in [0.25, 0.3) is 22.8 Å². The summed E-state index contributed by atoms with van der Waals surface area (Å²) in [5, 5.41) is 0. The van der Waals surface area contributed by atoms with E-state index in [9.17, 15) is 0 Å². The molecular weight excluding hydrogens is 204 g/mol. The number of hydrogen-bond acceptors (Lipinski definition) is 0. The first-order valence-electron chi connectivity index (χ1n) is 5.70. The van der Waals surface area contributed by atoms with Gasteiger partial charge in [0.1, 0.15) is 0 Å². The summed E-state index contributed by atoms with van der Waals surface area (Å²) < 4.78 is 0. The Morgan fingerprint density at radius 2 is 1.71 bits per heavy atom. The minimum Gasteiger partial charge on any atom is -0.0984 e. The van der Waals surface area contributed by atoms with Gasteiger partial charge in [0.2, 0.25) is 0 Å². The summed E-state index contributed by atoms with van der Waals surface area (Å²) in [4.78, 5) is 0. The Kier molecular flexibility index (Phi) is 3.24. The van der Waals surface area contributed by atoms with Crippen molar-refractivity contribution in [2.24, 2.45) is 0 Å². The average molecular weight is 220 g/mol. The standard InChI is InChI=1S/C17H16/c1-4-14-12-16(10-11-17(14)13(2)3)15-8-6-5-7-9-15/h4-12H,1-2H2,3H3. The molecule has 0 aromatic heterocycles. The van der Waals surface area contributed by atoms with E-state index >= 15 is 0 Å². The van der Waals surface area contributed by atoms with Crippen LogP contribution in [0.15, 0.2) is 61.7 Å². The second kappa shape index (κ2) is 4.84. The van der Waals surface area contributed by atoms with Gasteiger partial charge in [-0.3, -0.25) is 0 Å². The van der Waals surface area contributed by atoms with Crippen molar-refractivity contribution in [1.82, 2.24) is 0 Å². The maximum absolute atomic E-state index is 3.99. The normalized spacial score (nSPS) is 9.94. The molecule has 17 heavy (non-hydrogen) atoms. The van der Waals surface area contributed by atoms with Crippen LogP contribution in [-0.2, 0) is 0 Å². The van der Waals surface area contributed by atoms with Gasteiger partial charge in [-0.1, -0.05) is 67.3 Å². The molecule has 0 bridgehead atoms. The Hall–Kier alpha value is -2.08. The van der Waals surface area contributed by atoms with Crippen LogP contribution in [0.2, 0.25) is 0 Å². The monoisotopic (exact) mass is 220 g/mol. The molecule has 0 radical (unpaired) electrons. The average Bonchev–Trinajstić information content (AvgIpc) is 2.39. The lowest BCUT2D eigenvalue weighted by molar-refractivity contribution is 1.53. The number of rotatable bonds is 3. The van der Waals surface area contributed by atoms with Crippen LogP contribution in [-0.4, -0.2) is 0 Å². The lowest BCUT2D eigenvalue weighted by atomic mass is 9.96. The van der Waals surface area contributed by atoms with Gasteiger partial charge in [0.15, 0.2) is 0 Å². The van der Waals surface area contributed by atoms with Crippen molar-refractivity contribution in [2.75, 3.05) is 0 Å². The summed E-state index contributed by atoms with van der Waals surface area (Å²) in [6.07, 6.45) is 1.89. The summed E-state index contributed by atoms with van der Waals surface area (Å²) >= 11 is 0. The van der Waals surface area contributed by atoms with Gasteiger partial charge in [0, 0.05) is 0 Å². The minimum atomic E-state index is 1.07. The van der Waals surface area contributed by atoms with Gasteiger partial charge < -0.3 is 0 Å². The first kappa shape index (κ1) is 11.4. The molecule has 0 heterocycles. The third-order valence-electron chi connectivity index (χ3n) is 2.84. The van der Waals surface area contributed by atoms with Crippen LogP contribution in [0.5, 0.6) is 0 Å². The van der Waals surface area contributed by atoms with Crippen molar-refractivity contribution in [3.63, 3.8) is 0 Å². The van der Waals surface area contributed by atoms with Crippen molar-refractivity contribution in [2.45, 2.75) is 6.92 Å². The molecule has 0 nitrogen and oxygen atoms in total. The molecule has 0 fully saturated rings. The van der Waals surface area contributed by atoms with Gasteiger partial charge in [-0.15, -0.1) is 0 Å². The maximum atomic E-state index is 3.99. The van der Waals surface area contributed by atoms with Crippen LogP contribution < -0.4 is 0 Å². The van der Waals surface area contributed by atoms with Gasteiger partial charge >= 0.3 is 0 Å². The topological polar surface area (TPSA) is 0 Å². The van der Waals surface area contributed by atoms with Crippen LogP contribution in [0.4, 0.5) is 0 Å². The van der Waals surface area contributed by atoms with Crippen LogP contribution in [0.3, 0.4) is 0 Å². The second-order valence-electron chi connectivity index (χ2n) is 4.15.